The van der Waals surface area contributed by atoms with E-state index in [1.165, 1.54) is 6.07 Å². The van der Waals surface area contributed by atoms with Crippen LogP contribution in [0, 0.1) is 5.92 Å². The Bertz CT molecular complexity index is 1150. The van der Waals surface area contributed by atoms with Crippen LogP contribution < -0.4 is 10.2 Å². The lowest BCUT2D eigenvalue weighted by Crippen LogP contribution is -2.36. The van der Waals surface area contributed by atoms with Crippen molar-refractivity contribution in [3.05, 3.63) is 62.2 Å². The number of carbonyl (C=O) groups is 1. The van der Waals surface area contributed by atoms with Gasteiger partial charge in [-0.1, -0.05) is 33.6 Å². The number of rotatable bonds is 7. The van der Waals surface area contributed by atoms with Gasteiger partial charge >= 0.3 is 0 Å². The number of halogens is 2. The van der Waals surface area contributed by atoms with Gasteiger partial charge in [0.15, 0.2) is 11.0 Å². The molecule has 156 valence electrons. The normalized spacial score (nSPS) is 18.2. The van der Waals surface area contributed by atoms with E-state index >= 15 is 0 Å². The molecule has 2 aromatic carbocycles. The topological polar surface area (TPSA) is 65.7 Å². The smallest absolute Gasteiger partial charge is 0.193 e. The van der Waals surface area contributed by atoms with Gasteiger partial charge in [0.05, 0.1) is 28.7 Å². The first kappa shape index (κ1) is 21.1. The molecule has 1 aliphatic carbocycles. The summed E-state index contributed by atoms with van der Waals surface area (Å²) in [6, 6.07) is 12.0. The maximum absolute atomic E-state index is 12.5. The molecule has 5 nitrogen and oxygen atoms in total. The number of hydrogen-bond acceptors (Lipinski definition) is 5. The number of Topliss-reactive ketones (excluding diaryl/α,β-unsaturated/α-hetero) is 1. The van der Waals surface area contributed by atoms with Crippen LogP contribution in [0.5, 0.6) is 5.75 Å². The van der Waals surface area contributed by atoms with Gasteiger partial charge in [0.25, 0.3) is 0 Å². The van der Waals surface area contributed by atoms with Gasteiger partial charge in [-0.3, -0.25) is 9.59 Å². The highest BCUT2D eigenvalue weighted by Crippen LogP contribution is 2.35. The Kier molecular flexibility index (Phi) is 6.27. The van der Waals surface area contributed by atoms with Crippen LogP contribution in [-0.2, 0) is 9.53 Å². The van der Waals surface area contributed by atoms with E-state index in [1.54, 1.807) is 25.1 Å². The van der Waals surface area contributed by atoms with Gasteiger partial charge in [0.2, 0.25) is 0 Å². The number of fused-ring (bicyclic) bond motifs is 1. The second kappa shape index (κ2) is 8.92. The lowest BCUT2D eigenvalue weighted by Gasteiger charge is -2.33. The standard InChI is InChI=1S/C23H20BrClO5/c1-13(26)14-9-16(10-14)28-7-8-29-21-11-15(24)5-6-18(21)22-12-20(27)17-3-2-4-19(25)23(17)30-22/h2-6,11-12,14,16H,7-10H2,1H3. The van der Waals surface area contributed by atoms with Crippen molar-refractivity contribution in [3.8, 4) is 17.1 Å². The first-order valence-electron chi connectivity index (χ1n) is 9.69. The van der Waals surface area contributed by atoms with Crippen LogP contribution in [0.25, 0.3) is 22.3 Å². The highest BCUT2D eigenvalue weighted by Gasteiger charge is 2.32. The second-order valence-electron chi connectivity index (χ2n) is 7.35. The van der Waals surface area contributed by atoms with E-state index in [0.29, 0.717) is 46.3 Å². The predicted octanol–water partition coefficient (Wildman–Crippen LogP) is 5.64. The quantitative estimate of drug-likeness (QED) is 0.400. The summed E-state index contributed by atoms with van der Waals surface area (Å²) in [5.74, 6) is 1.31. The van der Waals surface area contributed by atoms with E-state index in [1.807, 2.05) is 18.2 Å². The Labute approximate surface area is 187 Å². The van der Waals surface area contributed by atoms with Crippen LogP contribution in [0.15, 0.2) is 56.1 Å². The number of benzene rings is 2. The minimum absolute atomic E-state index is 0.116. The fourth-order valence-electron chi connectivity index (χ4n) is 3.49. The molecule has 7 heteroatoms. The number of para-hydroxylation sites is 1. The molecule has 0 unspecified atom stereocenters. The minimum Gasteiger partial charge on any atom is -0.490 e. The van der Waals surface area contributed by atoms with E-state index in [-0.39, 0.29) is 23.2 Å². The summed E-state index contributed by atoms with van der Waals surface area (Å²) in [4.78, 5) is 23.8. The average Bonchev–Trinajstić information content (AvgIpc) is 2.67. The molecule has 1 aliphatic rings. The summed E-state index contributed by atoms with van der Waals surface area (Å²) in [7, 11) is 0. The van der Waals surface area contributed by atoms with E-state index in [4.69, 9.17) is 25.5 Å². The molecule has 1 heterocycles. The molecule has 0 atom stereocenters. The molecule has 0 spiro atoms. The molecule has 0 bridgehead atoms. The van der Waals surface area contributed by atoms with Crippen LogP contribution in [0.1, 0.15) is 19.8 Å². The molecule has 0 radical (unpaired) electrons. The molecule has 0 amide bonds. The van der Waals surface area contributed by atoms with Crippen LogP contribution in [-0.4, -0.2) is 25.1 Å². The molecule has 1 fully saturated rings. The zero-order valence-electron chi connectivity index (χ0n) is 16.3. The monoisotopic (exact) mass is 490 g/mol. The van der Waals surface area contributed by atoms with Crippen LogP contribution in [0.2, 0.25) is 5.02 Å². The molecule has 4 rings (SSSR count). The summed E-state index contributed by atoms with van der Waals surface area (Å²) in [5.41, 5.74) is 0.831. The van der Waals surface area contributed by atoms with E-state index in [0.717, 1.165) is 17.3 Å². The molecule has 30 heavy (non-hydrogen) atoms. The fraction of sp³-hybridized carbons (Fsp3) is 0.304. The minimum atomic E-state index is -0.170. The summed E-state index contributed by atoms with van der Waals surface area (Å²) in [5, 5.41) is 0.812. The van der Waals surface area contributed by atoms with Gasteiger partial charge in [0.1, 0.15) is 23.9 Å². The molecule has 0 N–H and O–H groups in total. The summed E-state index contributed by atoms with van der Waals surface area (Å²) in [6.07, 6.45) is 1.67. The first-order chi connectivity index (χ1) is 14.4. The zero-order valence-corrected chi connectivity index (χ0v) is 18.7. The predicted molar refractivity (Wildman–Crippen MR) is 119 cm³/mol. The van der Waals surface area contributed by atoms with Crippen molar-refractivity contribution in [2.75, 3.05) is 13.2 Å². The van der Waals surface area contributed by atoms with Gasteiger partial charge in [-0.15, -0.1) is 0 Å². The summed E-state index contributed by atoms with van der Waals surface area (Å²) < 4.78 is 18.5. The molecular formula is C23H20BrClO5. The molecule has 1 aromatic heterocycles. The van der Waals surface area contributed by atoms with Crippen molar-refractivity contribution >= 4 is 44.3 Å². The van der Waals surface area contributed by atoms with Gasteiger partial charge in [-0.25, -0.2) is 0 Å². The Morgan fingerprint density at radius 3 is 2.77 bits per heavy atom. The van der Waals surface area contributed by atoms with Crippen LogP contribution in [0.3, 0.4) is 0 Å². The first-order valence-corrected chi connectivity index (χ1v) is 10.9. The lowest BCUT2D eigenvalue weighted by atomic mass is 9.80. The second-order valence-corrected chi connectivity index (χ2v) is 8.68. The van der Waals surface area contributed by atoms with Gasteiger partial charge in [0, 0.05) is 16.5 Å². The largest absolute Gasteiger partial charge is 0.490 e. The molecular weight excluding hydrogens is 472 g/mol. The van der Waals surface area contributed by atoms with E-state index in [2.05, 4.69) is 15.9 Å². The number of carbonyl (C=O) groups excluding carboxylic acids is 1. The highest BCUT2D eigenvalue weighted by molar-refractivity contribution is 9.10. The average molecular weight is 492 g/mol. The van der Waals surface area contributed by atoms with Crippen LogP contribution in [0.4, 0.5) is 0 Å². The van der Waals surface area contributed by atoms with Crippen molar-refractivity contribution in [1.29, 1.82) is 0 Å². The maximum atomic E-state index is 12.5. The lowest BCUT2D eigenvalue weighted by molar-refractivity contribution is -0.129. The van der Waals surface area contributed by atoms with E-state index in [9.17, 15) is 9.59 Å². The maximum Gasteiger partial charge on any atom is 0.193 e. The number of hydrogen-bond donors (Lipinski definition) is 0. The summed E-state index contributed by atoms with van der Waals surface area (Å²) >= 11 is 9.68. The Balaban J connectivity index is 1.50. The molecule has 0 saturated heterocycles. The summed E-state index contributed by atoms with van der Waals surface area (Å²) in [6.45, 7) is 2.37. The van der Waals surface area contributed by atoms with E-state index < -0.39 is 0 Å². The van der Waals surface area contributed by atoms with Crippen molar-refractivity contribution in [1.82, 2.24) is 0 Å². The highest BCUT2D eigenvalue weighted by atomic mass is 79.9. The molecule has 1 saturated carbocycles. The van der Waals surface area contributed by atoms with Crippen molar-refractivity contribution in [3.63, 3.8) is 0 Å². The van der Waals surface area contributed by atoms with Gasteiger partial charge in [-0.2, -0.15) is 0 Å². The Morgan fingerprint density at radius 2 is 2.00 bits per heavy atom. The Hall–Kier alpha value is -2.15. The van der Waals surface area contributed by atoms with Crippen LogP contribution >= 0.6 is 27.5 Å². The number of ether oxygens (including phenoxy) is 2. The van der Waals surface area contributed by atoms with Crippen molar-refractivity contribution in [2.45, 2.75) is 25.9 Å². The fourth-order valence-corrected chi connectivity index (χ4v) is 4.05. The number of ketones is 1. The third-order valence-electron chi connectivity index (χ3n) is 5.28. The SMILES string of the molecule is CC(=O)C1CC(OCCOc2cc(Br)ccc2-c2cc(=O)c3cccc(Cl)c3o2)C1. The van der Waals surface area contributed by atoms with Gasteiger partial charge in [-0.05, 0) is 50.1 Å². The van der Waals surface area contributed by atoms with Crippen molar-refractivity contribution in [2.24, 2.45) is 5.92 Å². The van der Waals surface area contributed by atoms with Crippen molar-refractivity contribution < 1.29 is 18.7 Å². The third-order valence-corrected chi connectivity index (χ3v) is 6.07. The third kappa shape index (κ3) is 4.46. The Morgan fingerprint density at radius 1 is 1.20 bits per heavy atom. The molecule has 3 aromatic rings. The zero-order chi connectivity index (χ0) is 21.3. The van der Waals surface area contributed by atoms with Gasteiger partial charge < -0.3 is 13.9 Å². The molecule has 0 aliphatic heterocycles.